The molecule has 0 aliphatic rings. The second-order valence-electron chi connectivity index (χ2n) is 8.56. The van der Waals surface area contributed by atoms with Crippen LogP contribution in [0, 0.1) is 0 Å². The van der Waals surface area contributed by atoms with Crippen molar-refractivity contribution >= 4 is 56.5 Å². The molecule has 1 atom stereocenters. The van der Waals surface area contributed by atoms with Crippen molar-refractivity contribution in [2.45, 2.75) is 17.1 Å². The van der Waals surface area contributed by atoms with Gasteiger partial charge in [-0.3, -0.25) is 9.59 Å². The lowest BCUT2D eigenvalue weighted by atomic mass is 10.1. The molecule has 2 N–H and O–H groups in total. The number of aromatic nitrogens is 1. The molecule has 0 fully saturated rings. The van der Waals surface area contributed by atoms with Crippen LogP contribution in [0.15, 0.2) is 101 Å². The molecular formula is C30H25N3O3S2. The van der Waals surface area contributed by atoms with Crippen LogP contribution in [0.25, 0.3) is 22.0 Å². The Labute approximate surface area is 229 Å². The Kier molecular flexibility index (Phi) is 7.72. The minimum absolute atomic E-state index is 0.142. The highest BCUT2D eigenvalue weighted by atomic mass is 32.2. The number of rotatable bonds is 8. The van der Waals surface area contributed by atoms with E-state index < -0.39 is 0 Å². The van der Waals surface area contributed by atoms with Crippen LogP contribution in [0.4, 0.5) is 10.8 Å². The van der Waals surface area contributed by atoms with E-state index in [2.05, 4.69) is 15.6 Å². The van der Waals surface area contributed by atoms with Gasteiger partial charge in [0.25, 0.3) is 5.91 Å². The zero-order valence-corrected chi connectivity index (χ0v) is 22.4. The summed E-state index contributed by atoms with van der Waals surface area (Å²) in [5.41, 5.74) is 3.01. The number of nitrogens with one attached hydrogen (secondary N) is 2. The quantitative estimate of drug-likeness (QED) is 0.202. The van der Waals surface area contributed by atoms with Crippen molar-refractivity contribution in [3.8, 4) is 17.0 Å². The normalized spacial score (nSPS) is 11.6. The van der Waals surface area contributed by atoms with Crippen LogP contribution < -0.4 is 15.4 Å². The maximum absolute atomic E-state index is 12.8. The maximum atomic E-state index is 12.8. The molecule has 0 aliphatic carbocycles. The van der Waals surface area contributed by atoms with Crippen molar-refractivity contribution in [1.29, 1.82) is 0 Å². The van der Waals surface area contributed by atoms with E-state index in [1.54, 1.807) is 7.11 Å². The van der Waals surface area contributed by atoms with Gasteiger partial charge in [0.15, 0.2) is 5.13 Å². The van der Waals surface area contributed by atoms with Gasteiger partial charge in [0.2, 0.25) is 5.91 Å². The Balaban J connectivity index is 1.19. The molecule has 0 radical (unpaired) electrons. The Bertz CT molecular complexity index is 1600. The number of hydrogen-bond acceptors (Lipinski definition) is 6. The van der Waals surface area contributed by atoms with E-state index in [1.807, 2.05) is 103 Å². The van der Waals surface area contributed by atoms with Crippen LogP contribution in [0.3, 0.4) is 0 Å². The number of amides is 2. The zero-order valence-electron chi connectivity index (χ0n) is 20.8. The predicted molar refractivity (Wildman–Crippen MR) is 156 cm³/mol. The molecule has 1 unspecified atom stereocenters. The van der Waals surface area contributed by atoms with E-state index in [0.717, 1.165) is 32.7 Å². The fourth-order valence-electron chi connectivity index (χ4n) is 3.87. The number of thiazole rings is 1. The number of methoxy groups -OCH3 is 1. The van der Waals surface area contributed by atoms with E-state index in [1.165, 1.54) is 23.1 Å². The summed E-state index contributed by atoms with van der Waals surface area (Å²) >= 11 is 2.80. The molecule has 0 aliphatic heterocycles. The second-order valence-corrected chi connectivity index (χ2v) is 10.8. The van der Waals surface area contributed by atoms with Gasteiger partial charge in [-0.25, -0.2) is 4.98 Å². The molecule has 1 aromatic heterocycles. The summed E-state index contributed by atoms with van der Waals surface area (Å²) in [6.45, 7) is 1.85. The van der Waals surface area contributed by atoms with E-state index in [-0.39, 0.29) is 17.1 Å². The molecule has 5 rings (SSSR count). The van der Waals surface area contributed by atoms with Gasteiger partial charge in [-0.15, -0.1) is 23.1 Å². The fourth-order valence-corrected chi connectivity index (χ4v) is 5.52. The first-order valence-corrected chi connectivity index (χ1v) is 13.7. The predicted octanol–water partition coefficient (Wildman–Crippen LogP) is 7.34. The van der Waals surface area contributed by atoms with E-state index >= 15 is 0 Å². The first kappa shape index (κ1) is 25.5. The van der Waals surface area contributed by atoms with Gasteiger partial charge >= 0.3 is 0 Å². The standard InChI is InChI=1S/C30H25N3O3S2/c1-19(28(34)33-30-32-27(18-37-30)21-12-14-25(36-2)15-13-21)38-26-9-5-8-24(17-26)31-29(35)23-11-10-20-6-3-4-7-22(20)16-23/h3-19H,1-2H3,(H,31,35)(H,32,33,34). The molecule has 0 saturated carbocycles. The van der Waals surface area contributed by atoms with Gasteiger partial charge in [-0.1, -0.05) is 36.4 Å². The average Bonchev–Trinajstić information content (AvgIpc) is 3.41. The maximum Gasteiger partial charge on any atom is 0.255 e. The number of anilines is 2. The monoisotopic (exact) mass is 539 g/mol. The minimum atomic E-state index is -0.366. The summed E-state index contributed by atoms with van der Waals surface area (Å²) < 4.78 is 5.20. The van der Waals surface area contributed by atoms with Crippen molar-refractivity contribution in [3.63, 3.8) is 0 Å². The Morgan fingerprint density at radius 2 is 1.68 bits per heavy atom. The molecule has 1 heterocycles. The van der Waals surface area contributed by atoms with Crippen LogP contribution in [0.1, 0.15) is 17.3 Å². The molecule has 0 bridgehead atoms. The summed E-state index contributed by atoms with van der Waals surface area (Å²) in [7, 11) is 1.63. The van der Waals surface area contributed by atoms with E-state index in [0.29, 0.717) is 16.4 Å². The smallest absolute Gasteiger partial charge is 0.255 e. The third-order valence-electron chi connectivity index (χ3n) is 5.91. The summed E-state index contributed by atoms with van der Waals surface area (Å²) in [5, 5.41) is 10.1. The molecule has 38 heavy (non-hydrogen) atoms. The van der Waals surface area contributed by atoms with Gasteiger partial charge in [0, 0.05) is 27.1 Å². The zero-order chi connectivity index (χ0) is 26.5. The van der Waals surface area contributed by atoms with Gasteiger partial charge in [0.1, 0.15) is 5.75 Å². The summed E-state index contributed by atoms with van der Waals surface area (Å²) in [4.78, 5) is 31.1. The molecule has 0 spiro atoms. The highest BCUT2D eigenvalue weighted by molar-refractivity contribution is 8.00. The molecule has 2 amide bonds. The third-order valence-corrected chi connectivity index (χ3v) is 7.76. The fraction of sp³-hybridized carbons (Fsp3) is 0.100. The number of benzene rings is 4. The Morgan fingerprint density at radius 3 is 2.47 bits per heavy atom. The summed E-state index contributed by atoms with van der Waals surface area (Å²) in [5.74, 6) is 0.456. The number of nitrogens with zero attached hydrogens (tertiary/aromatic N) is 1. The number of carbonyl (C=O) groups excluding carboxylic acids is 2. The number of fused-ring (bicyclic) bond motifs is 1. The van der Waals surface area contributed by atoms with E-state index in [9.17, 15) is 9.59 Å². The lowest BCUT2D eigenvalue weighted by Gasteiger charge is -2.12. The molecule has 4 aromatic carbocycles. The molecular weight excluding hydrogens is 514 g/mol. The SMILES string of the molecule is COc1ccc(-c2csc(NC(=O)C(C)Sc3cccc(NC(=O)c4ccc5ccccc5c4)c3)n2)cc1. The van der Waals surface area contributed by atoms with Crippen LogP contribution in [-0.4, -0.2) is 29.2 Å². The average molecular weight is 540 g/mol. The highest BCUT2D eigenvalue weighted by Crippen LogP contribution is 2.29. The lowest BCUT2D eigenvalue weighted by molar-refractivity contribution is -0.115. The lowest BCUT2D eigenvalue weighted by Crippen LogP contribution is -2.22. The first-order valence-electron chi connectivity index (χ1n) is 12.0. The van der Waals surface area contributed by atoms with Crippen molar-refractivity contribution in [2.24, 2.45) is 0 Å². The van der Waals surface area contributed by atoms with Gasteiger partial charge < -0.3 is 15.4 Å². The molecule has 190 valence electrons. The molecule has 6 nitrogen and oxygen atoms in total. The second kappa shape index (κ2) is 11.5. The van der Waals surface area contributed by atoms with Crippen LogP contribution in [0.5, 0.6) is 5.75 Å². The van der Waals surface area contributed by atoms with Crippen LogP contribution in [0.2, 0.25) is 0 Å². The molecule has 8 heteroatoms. The number of thioether (sulfide) groups is 1. The van der Waals surface area contributed by atoms with E-state index in [4.69, 9.17) is 4.74 Å². The number of ether oxygens (including phenoxy) is 1. The molecule has 5 aromatic rings. The Hall–Kier alpha value is -4.14. The number of hydrogen-bond donors (Lipinski definition) is 2. The Morgan fingerprint density at radius 1 is 0.895 bits per heavy atom. The van der Waals surface area contributed by atoms with Crippen molar-refractivity contribution in [1.82, 2.24) is 4.98 Å². The van der Waals surface area contributed by atoms with Gasteiger partial charge in [-0.05, 0) is 72.3 Å². The van der Waals surface area contributed by atoms with Crippen molar-refractivity contribution in [3.05, 3.63) is 102 Å². The topological polar surface area (TPSA) is 80.3 Å². The summed E-state index contributed by atoms with van der Waals surface area (Å²) in [6, 6.07) is 28.7. The third kappa shape index (κ3) is 6.04. The highest BCUT2D eigenvalue weighted by Gasteiger charge is 2.17. The van der Waals surface area contributed by atoms with Crippen molar-refractivity contribution in [2.75, 3.05) is 17.7 Å². The first-order chi connectivity index (χ1) is 18.5. The minimum Gasteiger partial charge on any atom is -0.497 e. The van der Waals surface area contributed by atoms with Crippen molar-refractivity contribution < 1.29 is 14.3 Å². The van der Waals surface area contributed by atoms with Gasteiger partial charge in [0.05, 0.1) is 18.1 Å². The number of carbonyl (C=O) groups is 2. The van der Waals surface area contributed by atoms with Crippen LogP contribution >= 0.6 is 23.1 Å². The summed E-state index contributed by atoms with van der Waals surface area (Å²) in [6.07, 6.45) is 0. The van der Waals surface area contributed by atoms with Crippen LogP contribution in [-0.2, 0) is 4.79 Å². The molecule has 0 saturated heterocycles. The van der Waals surface area contributed by atoms with Gasteiger partial charge in [-0.2, -0.15) is 0 Å². The largest absolute Gasteiger partial charge is 0.497 e.